The maximum atomic E-state index is 13.0. The zero-order chi connectivity index (χ0) is 12.9. The van der Waals surface area contributed by atoms with Crippen LogP contribution in [0.3, 0.4) is 0 Å². The van der Waals surface area contributed by atoms with Crippen molar-refractivity contribution in [3.05, 3.63) is 0 Å². The van der Waals surface area contributed by atoms with E-state index >= 15 is 0 Å². The van der Waals surface area contributed by atoms with Crippen LogP contribution in [0.2, 0.25) is 0 Å². The molecule has 1 atom stereocenters. The van der Waals surface area contributed by atoms with Crippen molar-refractivity contribution in [2.45, 2.75) is 38.7 Å². The molecule has 1 amide bonds. The van der Waals surface area contributed by atoms with Crippen molar-refractivity contribution in [3.8, 4) is 0 Å². The molecule has 1 rings (SSSR count). The van der Waals surface area contributed by atoms with Crippen LogP contribution in [0.15, 0.2) is 0 Å². The summed E-state index contributed by atoms with van der Waals surface area (Å²) >= 11 is 0. The van der Waals surface area contributed by atoms with Gasteiger partial charge >= 0.3 is 6.09 Å². The van der Waals surface area contributed by atoms with Gasteiger partial charge in [-0.15, -0.1) is 0 Å². The topological polar surface area (TPSA) is 38.8 Å². The summed E-state index contributed by atoms with van der Waals surface area (Å²) in [6.07, 6.45) is -0.0684. The fourth-order valence-corrected chi connectivity index (χ4v) is 1.52. The zero-order valence-electron chi connectivity index (χ0n) is 10.2. The lowest BCUT2D eigenvalue weighted by atomic mass is 10.2. The van der Waals surface area contributed by atoms with Crippen LogP contribution >= 0.6 is 0 Å². The minimum Gasteiger partial charge on any atom is -0.449 e. The summed E-state index contributed by atoms with van der Waals surface area (Å²) in [4.78, 5) is 12.8. The molecule has 1 saturated heterocycles. The molecular weight excluding hydrogens is 232 g/mol. The van der Waals surface area contributed by atoms with Gasteiger partial charge in [0.05, 0.1) is 19.8 Å². The first-order valence-corrected chi connectivity index (χ1v) is 5.86. The number of carbonyl (C=O) groups excluding carboxylic acids is 1. The highest BCUT2D eigenvalue weighted by Gasteiger charge is 2.39. The molecule has 1 fully saturated rings. The molecule has 1 heterocycles. The molecule has 1 aliphatic rings. The second-order valence-corrected chi connectivity index (χ2v) is 4.23. The molecule has 0 saturated carbocycles. The standard InChI is InChI=1S/C11H19F2NO3/c1-3-4-6-17-10(15)14-5-7-16-9(8-14)11(2,12)13/h9H,3-8H2,1-2H3. The Kier molecular flexibility index (Phi) is 5.11. The lowest BCUT2D eigenvalue weighted by molar-refractivity contribution is -0.152. The van der Waals surface area contributed by atoms with Crippen molar-refractivity contribution in [3.63, 3.8) is 0 Å². The number of nitrogens with zero attached hydrogens (tertiary/aromatic N) is 1. The van der Waals surface area contributed by atoms with Crippen molar-refractivity contribution >= 4 is 6.09 Å². The van der Waals surface area contributed by atoms with E-state index in [1.54, 1.807) is 0 Å². The Bertz CT molecular complexity index is 256. The van der Waals surface area contributed by atoms with Crippen molar-refractivity contribution in [1.29, 1.82) is 0 Å². The first kappa shape index (κ1) is 14.2. The van der Waals surface area contributed by atoms with E-state index in [2.05, 4.69) is 0 Å². The van der Waals surface area contributed by atoms with Gasteiger partial charge in [0.15, 0.2) is 0 Å². The monoisotopic (exact) mass is 251 g/mol. The summed E-state index contributed by atoms with van der Waals surface area (Å²) in [5.74, 6) is -2.94. The third-order valence-electron chi connectivity index (χ3n) is 2.61. The van der Waals surface area contributed by atoms with Crippen LogP contribution in [0.1, 0.15) is 26.7 Å². The van der Waals surface area contributed by atoms with E-state index in [0.29, 0.717) is 13.2 Å². The fourth-order valence-electron chi connectivity index (χ4n) is 1.52. The third-order valence-corrected chi connectivity index (χ3v) is 2.61. The summed E-state index contributed by atoms with van der Waals surface area (Å²) in [5.41, 5.74) is 0. The molecule has 4 nitrogen and oxygen atoms in total. The number of unbranched alkanes of at least 4 members (excludes halogenated alkanes) is 1. The fraction of sp³-hybridized carbons (Fsp3) is 0.909. The highest BCUT2D eigenvalue weighted by molar-refractivity contribution is 5.67. The van der Waals surface area contributed by atoms with Gasteiger partial charge in [-0.25, -0.2) is 13.6 Å². The van der Waals surface area contributed by atoms with E-state index in [9.17, 15) is 13.6 Å². The van der Waals surface area contributed by atoms with Crippen LogP contribution in [-0.2, 0) is 9.47 Å². The first-order chi connectivity index (χ1) is 7.95. The lowest BCUT2D eigenvalue weighted by Crippen LogP contribution is -2.51. The van der Waals surface area contributed by atoms with Gasteiger partial charge in [-0.1, -0.05) is 13.3 Å². The molecule has 1 aliphatic heterocycles. The molecule has 100 valence electrons. The van der Waals surface area contributed by atoms with E-state index in [0.717, 1.165) is 19.8 Å². The Morgan fingerprint density at radius 3 is 2.88 bits per heavy atom. The number of morpholine rings is 1. The van der Waals surface area contributed by atoms with E-state index in [4.69, 9.17) is 9.47 Å². The number of ether oxygens (including phenoxy) is 2. The van der Waals surface area contributed by atoms with Gasteiger partial charge in [-0.2, -0.15) is 0 Å². The molecule has 0 bridgehead atoms. The van der Waals surface area contributed by atoms with Crippen LogP contribution in [0.25, 0.3) is 0 Å². The maximum absolute atomic E-state index is 13.0. The highest BCUT2D eigenvalue weighted by Crippen LogP contribution is 2.23. The number of amides is 1. The smallest absolute Gasteiger partial charge is 0.409 e. The van der Waals surface area contributed by atoms with Gasteiger partial charge in [0, 0.05) is 13.5 Å². The predicted molar refractivity (Wildman–Crippen MR) is 58.2 cm³/mol. The Morgan fingerprint density at radius 1 is 1.59 bits per heavy atom. The van der Waals surface area contributed by atoms with Crippen molar-refractivity contribution in [2.75, 3.05) is 26.3 Å². The summed E-state index contributed by atoms with van der Waals surface area (Å²) < 4.78 is 36.0. The second-order valence-electron chi connectivity index (χ2n) is 4.23. The van der Waals surface area contributed by atoms with E-state index in [-0.39, 0.29) is 13.2 Å². The van der Waals surface area contributed by atoms with Crippen LogP contribution in [0, 0.1) is 0 Å². The average Bonchev–Trinajstić information content (AvgIpc) is 2.28. The van der Waals surface area contributed by atoms with Gasteiger partial charge < -0.3 is 14.4 Å². The first-order valence-electron chi connectivity index (χ1n) is 5.86. The Balaban J connectivity index is 2.41. The van der Waals surface area contributed by atoms with Crippen LogP contribution < -0.4 is 0 Å². The van der Waals surface area contributed by atoms with Crippen molar-refractivity contribution < 1.29 is 23.0 Å². The summed E-state index contributed by atoms with van der Waals surface area (Å²) in [6, 6.07) is 0. The SMILES string of the molecule is CCCCOC(=O)N1CCOC(C(C)(F)F)C1. The van der Waals surface area contributed by atoms with E-state index < -0.39 is 18.1 Å². The second kappa shape index (κ2) is 6.14. The molecule has 1 unspecified atom stereocenters. The minimum atomic E-state index is -2.94. The number of hydrogen-bond acceptors (Lipinski definition) is 3. The lowest BCUT2D eigenvalue weighted by Gasteiger charge is -2.34. The number of halogens is 2. The molecule has 0 radical (unpaired) electrons. The maximum Gasteiger partial charge on any atom is 0.409 e. The number of hydrogen-bond donors (Lipinski definition) is 0. The quantitative estimate of drug-likeness (QED) is 0.719. The molecule has 0 aromatic heterocycles. The molecule has 0 aromatic carbocycles. The Hall–Kier alpha value is -0.910. The normalized spacial score (nSPS) is 21.4. The minimum absolute atomic E-state index is 0.117. The highest BCUT2D eigenvalue weighted by atomic mass is 19.3. The number of rotatable bonds is 4. The third kappa shape index (κ3) is 4.46. The van der Waals surface area contributed by atoms with Gasteiger partial charge in [0.25, 0.3) is 5.92 Å². The zero-order valence-corrected chi connectivity index (χ0v) is 10.2. The predicted octanol–water partition coefficient (Wildman–Crippen LogP) is 2.28. The molecule has 0 N–H and O–H groups in total. The molecule has 0 aliphatic carbocycles. The molecular formula is C11H19F2NO3. The summed E-state index contributed by atoms with van der Waals surface area (Å²) in [5, 5.41) is 0. The number of carbonyl (C=O) groups is 1. The molecule has 0 aromatic rings. The van der Waals surface area contributed by atoms with Gasteiger partial charge in [-0.05, 0) is 6.42 Å². The molecule has 6 heteroatoms. The molecule has 17 heavy (non-hydrogen) atoms. The largest absolute Gasteiger partial charge is 0.449 e. The van der Waals surface area contributed by atoms with E-state index in [1.807, 2.05) is 6.92 Å². The van der Waals surface area contributed by atoms with E-state index in [1.165, 1.54) is 4.90 Å². The van der Waals surface area contributed by atoms with Crippen molar-refractivity contribution in [1.82, 2.24) is 4.90 Å². The van der Waals surface area contributed by atoms with Crippen LogP contribution in [0.5, 0.6) is 0 Å². The van der Waals surface area contributed by atoms with Gasteiger partial charge in [0.2, 0.25) is 0 Å². The Morgan fingerprint density at radius 2 is 2.29 bits per heavy atom. The Labute approximate surface area is 99.9 Å². The summed E-state index contributed by atoms with van der Waals surface area (Å²) in [6.45, 7) is 3.42. The molecule has 0 spiro atoms. The summed E-state index contributed by atoms with van der Waals surface area (Å²) in [7, 11) is 0. The van der Waals surface area contributed by atoms with Crippen LogP contribution in [0.4, 0.5) is 13.6 Å². The van der Waals surface area contributed by atoms with Crippen LogP contribution in [-0.4, -0.2) is 49.3 Å². The average molecular weight is 251 g/mol. The van der Waals surface area contributed by atoms with Crippen molar-refractivity contribution in [2.24, 2.45) is 0 Å². The number of alkyl halides is 2. The van der Waals surface area contributed by atoms with Gasteiger partial charge in [0.1, 0.15) is 6.10 Å². The van der Waals surface area contributed by atoms with Gasteiger partial charge in [-0.3, -0.25) is 0 Å².